The highest BCUT2D eigenvalue weighted by atomic mass is 16.7. The fourth-order valence-electron chi connectivity index (χ4n) is 8.95. The van der Waals surface area contributed by atoms with Crippen molar-refractivity contribution in [3.05, 3.63) is 11.6 Å². The lowest BCUT2D eigenvalue weighted by Gasteiger charge is -2.58. The van der Waals surface area contributed by atoms with Crippen LogP contribution in [0.3, 0.4) is 0 Å². The molecule has 0 aromatic carbocycles. The molecule has 1 N–H and O–H groups in total. The predicted molar refractivity (Wildman–Crippen MR) is 170 cm³/mol. The molecule has 0 aromatic rings. The van der Waals surface area contributed by atoms with Crippen LogP contribution in [0.4, 0.5) is 4.79 Å². The van der Waals surface area contributed by atoms with Crippen LogP contribution in [0, 0.1) is 34.5 Å². The van der Waals surface area contributed by atoms with Crippen molar-refractivity contribution in [3.8, 4) is 0 Å². The molecule has 3 saturated carbocycles. The minimum Gasteiger partial charge on any atom is -0.330 e. The molecule has 6 atom stereocenters. The lowest BCUT2D eigenvalue weighted by atomic mass is 9.46. The van der Waals surface area contributed by atoms with Crippen molar-refractivity contribution in [3.63, 3.8) is 0 Å². The second-order valence-corrected chi connectivity index (χ2v) is 16.5. The third-order valence-electron chi connectivity index (χ3n) is 11.6. The minimum absolute atomic E-state index is 0.197. The topological polar surface area (TPSA) is 71.0 Å². The van der Waals surface area contributed by atoms with Gasteiger partial charge in [-0.15, -0.1) is 0 Å². The highest BCUT2D eigenvalue weighted by Crippen LogP contribution is 2.66. The summed E-state index contributed by atoms with van der Waals surface area (Å²) in [5.74, 6) is 2.76. The van der Waals surface area contributed by atoms with Crippen LogP contribution in [0.1, 0.15) is 72.1 Å². The molecule has 0 radical (unpaired) electrons. The van der Waals surface area contributed by atoms with Gasteiger partial charge in [-0.25, -0.2) is 4.79 Å². The monoisotopic (exact) mass is 587 g/mol. The molecule has 0 bridgehead atoms. The van der Waals surface area contributed by atoms with E-state index >= 15 is 0 Å². The van der Waals surface area contributed by atoms with Crippen LogP contribution in [0.2, 0.25) is 0 Å². The van der Waals surface area contributed by atoms with Crippen LogP contribution < -0.4 is 5.32 Å². The zero-order chi connectivity index (χ0) is 30.9. The van der Waals surface area contributed by atoms with Gasteiger partial charge in [0, 0.05) is 32.0 Å². The fourth-order valence-corrected chi connectivity index (χ4v) is 8.95. The summed E-state index contributed by atoms with van der Waals surface area (Å²) in [7, 11) is 13.0. The number of oxime groups is 1. The fraction of sp³-hybridized carbons (Fsp3) is 0.853. The molecule has 8 heteroatoms. The Balaban J connectivity index is 1.38. The van der Waals surface area contributed by atoms with E-state index in [1.165, 1.54) is 31.3 Å². The molecule has 0 saturated heterocycles. The summed E-state index contributed by atoms with van der Waals surface area (Å²) in [4.78, 5) is 32.9. The maximum absolute atomic E-state index is 13.3. The molecular weight excluding hydrogens is 526 g/mol. The number of nitrogens with zero attached hydrogens (tertiary/aromatic N) is 4. The van der Waals surface area contributed by atoms with Crippen molar-refractivity contribution in [2.45, 2.75) is 72.1 Å². The van der Waals surface area contributed by atoms with E-state index < -0.39 is 0 Å². The Kier molecular flexibility index (Phi) is 10.0. The number of carbonyl (C=O) groups excluding carboxylic acids is 2. The second kappa shape index (κ2) is 12.7. The van der Waals surface area contributed by atoms with Gasteiger partial charge in [0.1, 0.15) is 0 Å². The molecule has 0 spiro atoms. The summed E-state index contributed by atoms with van der Waals surface area (Å²) >= 11 is 0. The molecule has 0 aromatic heterocycles. The van der Waals surface area contributed by atoms with E-state index in [0.717, 1.165) is 66.0 Å². The maximum atomic E-state index is 13.3. The van der Waals surface area contributed by atoms with Crippen molar-refractivity contribution >= 4 is 17.6 Å². The van der Waals surface area contributed by atoms with Crippen molar-refractivity contribution in [2.75, 3.05) is 81.6 Å². The third-order valence-corrected chi connectivity index (χ3v) is 11.6. The number of likely N-dealkylation sites (N-methyl/N-ethyl adjacent to an activating group) is 2. The van der Waals surface area contributed by atoms with Crippen molar-refractivity contribution in [2.24, 2.45) is 39.7 Å². The van der Waals surface area contributed by atoms with E-state index in [2.05, 4.69) is 73.5 Å². The summed E-state index contributed by atoms with van der Waals surface area (Å²) in [5.41, 5.74) is 2.80. The second-order valence-electron chi connectivity index (χ2n) is 16.5. The van der Waals surface area contributed by atoms with Gasteiger partial charge in [0.15, 0.2) is 5.78 Å². The van der Waals surface area contributed by atoms with Gasteiger partial charge in [-0.2, -0.15) is 0 Å². The number of fused-ring (bicyclic) bond motifs is 5. The molecule has 0 aliphatic heterocycles. The number of hydrogen-bond acceptors (Lipinski definition) is 5. The summed E-state index contributed by atoms with van der Waals surface area (Å²) in [6, 6.07) is 0. The van der Waals surface area contributed by atoms with Crippen LogP contribution in [-0.2, 0) is 9.63 Å². The largest absolute Gasteiger partial charge is 0.436 e. The van der Waals surface area contributed by atoms with Gasteiger partial charge in [-0.1, -0.05) is 24.6 Å². The zero-order valence-electron chi connectivity index (χ0n) is 28.3. The summed E-state index contributed by atoms with van der Waals surface area (Å²) in [5, 5.41) is 8.02. The Morgan fingerprint density at radius 2 is 1.67 bits per heavy atom. The minimum atomic E-state index is -0.342. The normalized spacial score (nSPS) is 33.4. The van der Waals surface area contributed by atoms with Gasteiger partial charge >= 0.3 is 6.09 Å². The Morgan fingerprint density at radius 1 is 0.952 bits per heavy atom. The van der Waals surface area contributed by atoms with E-state index in [-0.39, 0.29) is 16.9 Å². The van der Waals surface area contributed by atoms with Crippen LogP contribution >= 0.6 is 0 Å². The molecule has 3 fully saturated rings. The van der Waals surface area contributed by atoms with Crippen LogP contribution in [0.25, 0.3) is 0 Å². The first-order valence-electron chi connectivity index (χ1n) is 16.6. The molecule has 4 aliphatic carbocycles. The first kappa shape index (κ1) is 33.1. The Labute approximate surface area is 256 Å². The number of rotatable bonds is 11. The van der Waals surface area contributed by atoms with Gasteiger partial charge in [0.25, 0.3) is 0 Å². The molecule has 0 unspecified atom stereocenters. The van der Waals surface area contributed by atoms with E-state index in [9.17, 15) is 9.59 Å². The Hall–Kier alpha value is -1.77. The van der Waals surface area contributed by atoms with Crippen LogP contribution in [-0.4, -0.2) is 113 Å². The van der Waals surface area contributed by atoms with E-state index in [0.29, 0.717) is 43.0 Å². The Bertz CT molecular complexity index is 1060. The lowest BCUT2D eigenvalue weighted by molar-refractivity contribution is -0.869. The summed E-state index contributed by atoms with van der Waals surface area (Å²) in [6.07, 6.45) is 10.5. The van der Waals surface area contributed by atoms with Crippen LogP contribution in [0.15, 0.2) is 16.8 Å². The molecule has 238 valence electrons. The summed E-state index contributed by atoms with van der Waals surface area (Å²) in [6.45, 7) is 11.8. The maximum Gasteiger partial charge on any atom is 0.436 e. The molecule has 42 heavy (non-hydrogen) atoms. The number of carbonyl (C=O) groups is 2. The molecular formula is C34H61N5O3+2. The molecule has 4 aliphatic rings. The van der Waals surface area contributed by atoms with E-state index in [4.69, 9.17) is 4.84 Å². The quantitative estimate of drug-likeness (QED) is 0.122. The van der Waals surface area contributed by atoms with Gasteiger partial charge in [-0.3, -0.25) is 14.5 Å². The van der Waals surface area contributed by atoms with Gasteiger partial charge < -0.3 is 14.3 Å². The first-order chi connectivity index (χ1) is 19.5. The number of ketones is 1. The number of hydrogen-bond donors (Lipinski definition) is 1. The highest BCUT2D eigenvalue weighted by Gasteiger charge is 2.59. The molecule has 0 heterocycles. The summed E-state index contributed by atoms with van der Waals surface area (Å²) < 4.78 is 1.70. The number of amides is 1. The molecule has 8 nitrogen and oxygen atoms in total. The van der Waals surface area contributed by atoms with Gasteiger partial charge in [0.2, 0.25) is 0 Å². The first-order valence-corrected chi connectivity index (χ1v) is 16.6. The smallest absolute Gasteiger partial charge is 0.330 e. The zero-order valence-corrected chi connectivity index (χ0v) is 28.3. The van der Waals surface area contributed by atoms with Crippen molar-refractivity contribution < 1.29 is 23.4 Å². The molecule has 1 amide bonds. The van der Waals surface area contributed by atoms with E-state index in [1.807, 2.05) is 11.0 Å². The van der Waals surface area contributed by atoms with Crippen molar-refractivity contribution in [1.29, 1.82) is 0 Å². The standard InChI is InChI=1S/C34H61N5O3/c1-25(36-42-32(41)37(21-23-39(7,8)9)20-18-35-19-22-38(4,5)6)29-12-13-30-28-11-10-26-24-27(40)14-16-33(26,2)31(28)15-17-34(29,30)3/h24,28-31,35H,10-23H2,1-9H3/q+2/b36-25+/t28-,29+,30-,31-,33-,34+/m0/s1. The SMILES string of the molecule is C/C(=N\OC(=O)N(CCNCC[N+](C)(C)C)CC[N+](C)(C)C)[C@H]1CC[C@H]2[C@@H]3CCC4=CC(=O)CC[C@]4(C)[C@H]3CC[C@]12C. The van der Waals surface area contributed by atoms with Gasteiger partial charge in [-0.05, 0) is 86.5 Å². The average molecular weight is 588 g/mol. The average Bonchev–Trinajstić information content (AvgIpc) is 3.25. The number of nitrogens with one attached hydrogen (secondary N) is 1. The van der Waals surface area contributed by atoms with E-state index in [1.54, 1.807) is 0 Å². The third kappa shape index (κ3) is 7.47. The molecule has 4 rings (SSSR count). The number of allylic oxidation sites excluding steroid dienone is 1. The Morgan fingerprint density at radius 3 is 2.36 bits per heavy atom. The number of quaternary nitrogens is 2. The highest BCUT2D eigenvalue weighted by molar-refractivity contribution is 5.91. The predicted octanol–water partition coefficient (Wildman–Crippen LogP) is 4.95. The lowest BCUT2D eigenvalue weighted by Crippen LogP contribution is -2.51. The van der Waals surface area contributed by atoms with Crippen molar-refractivity contribution in [1.82, 2.24) is 10.2 Å². The van der Waals surface area contributed by atoms with Gasteiger partial charge in [0.05, 0.1) is 67.6 Å². The van der Waals surface area contributed by atoms with Crippen LogP contribution in [0.5, 0.6) is 0 Å².